The Morgan fingerprint density at radius 3 is 2.68 bits per heavy atom. The van der Waals surface area contributed by atoms with Crippen LogP contribution in [0.5, 0.6) is 11.5 Å². The zero-order valence-corrected chi connectivity index (χ0v) is 17.1. The molecule has 146 valence electrons. The van der Waals surface area contributed by atoms with E-state index in [2.05, 4.69) is 6.92 Å². The summed E-state index contributed by atoms with van der Waals surface area (Å²) in [5.74, 6) is 0.995. The molecule has 2 heterocycles. The Hall–Kier alpha value is -2.01. The molecule has 2 aromatic carbocycles. The van der Waals surface area contributed by atoms with E-state index in [0.29, 0.717) is 39.0 Å². The van der Waals surface area contributed by atoms with Crippen molar-refractivity contribution < 1.29 is 19.5 Å². The fraction of sp³-hybridized carbons (Fsp3) is 0.318. The molecule has 0 atom stereocenters. The number of nitrogens with one attached hydrogen (secondary N) is 1. The van der Waals surface area contributed by atoms with Crippen LogP contribution in [-0.2, 0) is 6.54 Å². The molecule has 0 saturated carbocycles. The van der Waals surface area contributed by atoms with Gasteiger partial charge in [-0.2, -0.15) is 0 Å². The Morgan fingerprint density at radius 1 is 1.21 bits per heavy atom. The highest BCUT2D eigenvalue weighted by molar-refractivity contribution is 6.35. The number of Topliss-reactive ketones (excluding diaryl/α,β-unsaturated/α-hetero) is 1. The molecule has 2 aliphatic heterocycles. The molecule has 0 aromatic heterocycles. The standard InChI is InChI=1S/C22H21Cl2NO3/c1-13-6-8-25(9-7-13)12-17-19(26)5-4-16-21(27)20(28-22(16)17)10-14-2-3-15(23)11-18(14)24/h2-5,10-11,13,26H,6-9,12H2,1H3. The molecule has 1 saturated heterocycles. The summed E-state index contributed by atoms with van der Waals surface area (Å²) in [6.07, 6.45) is 3.90. The smallest absolute Gasteiger partial charge is 0.231 e. The molecular weight excluding hydrogens is 397 g/mol. The molecular formula is C22H21Cl2NO3. The van der Waals surface area contributed by atoms with Crippen molar-refractivity contribution in [2.75, 3.05) is 13.1 Å². The average Bonchev–Trinajstić information content (AvgIpc) is 2.97. The van der Waals surface area contributed by atoms with E-state index in [1.807, 2.05) is 0 Å². The predicted octanol–water partition coefficient (Wildman–Crippen LogP) is 3.50. The van der Waals surface area contributed by atoms with E-state index in [4.69, 9.17) is 27.9 Å². The maximum Gasteiger partial charge on any atom is 0.231 e. The van der Waals surface area contributed by atoms with Crippen LogP contribution in [0.15, 0.2) is 36.1 Å². The van der Waals surface area contributed by atoms with E-state index in [-0.39, 0.29) is 17.3 Å². The minimum absolute atomic E-state index is 0.0801. The number of carbonyl (C=O) groups is 1. The zero-order chi connectivity index (χ0) is 19.8. The number of piperidine rings is 1. The van der Waals surface area contributed by atoms with Gasteiger partial charge in [-0.25, -0.2) is 0 Å². The van der Waals surface area contributed by atoms with Crippen molar-refractivity contribution in [1.82, 2.24) is 0 Å². The first kappa shape index (κ1) is 19.3. The molecule has 2 aliphatic rings. The van der Waals surface area contributed by atoms with Gasteiger partial charge in [-0.1, -0.05) is 48.0 Å². The summed E-state index contributed by atoms with van der Waals surface area (Å²) < 4.78 is 5.89. The molecule has 1 N–H and O–H groups in total. The van der Waals surface area contributed by atoms with Crippen molar-refractivity contribution in [2.45, 2.75) is 26.3 Å². The van der Waals surface area contributed by atoms with Crippen LogP contribution in [0.2, 0.25) is 10.0 Å². The van der Waals surface area contributed by atoms with E-state index in [9.17, 15) is 9.90 Å². The summed E-state index contributed by atoms with van der Waals surface area (Å²) in [5.41, 5.74) is 1.67. The third kappa shape index (κ3) is 3.77. The summed E-state index contributed by atoms with van der Waals surface area (Å²) in [7, 11) is 0. The van der Waals surface area contributed by atoms with E-state index in [1.54, 1.807) is 30.3 Å². The van der Waals surface area contributed by atoms with Gasteiger partial charge in [0.05, 0.1) is 18.7 Å². The maximum absolute atomic E-state index is 12.8. The van der Waals surface area contributed by atoms with Crippen LogP contribution >= 0.6 is 23.2 Å². The van der Waals surface area contributed by atoms with E-state index < -0.39 is 0 Å². The first-order valence-electron chi connectivity index (χ1n) is 9.48. The van der Waals surface area contributed by atoms with Crippen molar-refractivity contribution in [3.8, 4) is 11.5 Å². The number of benzene rings is 2. The number of quaternary nitrogens is 1. The van der Waals surface area contributed by atoms with Gasteiger partial charge in [0, 0.05) is 15.6 Å². The number of rotatable bonds is 3. The van der Waals surface area contributed by atoms with Gasteiger partial charge < -0.3 is 14.7 Å². The van der Waals surface area contributed by atoms with Gasteiger partial charge in [-0.3, -0.25) is 4.79 Å². The SMILES string of the molecule is CC1CC[NH+](Cc2c([O-])ccc3c2OC(=Cc2ccc(Cl)cc2Cl)C3=O)CC1. The number of ketones is 1. The summed E-state index contributed by atoms with van der Waals surface area (Å²) in [6.45, 7) is 4.90. The lowest BCUT2D eigenvalue weighted by Gasteiger charge is -2.29. The first-order chi connectivity index (χ1) is 13.4. The lowest BCUT2D eigenvalue weighted by atomic mass is 9.98. The monoisotopic (exact) mass is 417 g/mol. The van der Waals surface area contributed by atoms with Crippen LogP contribution in [-0.4, -0.2) is 18.9 Å². The highest BCUT2D eigenvalue weighted by atomic mass is 35.5. The summed E-state index contributed by atoms with van der Waals surface area (Å²) >= 11 is 12.1. The summed E-state index contributed by atoms with van der Waals surface area (Å²) in [4.78, 5) is 14.2. The second-order valence-corrected chi connectivity index (χ2v) is 8.48. The van der Waals surface area contributed by atoms with E-state index in [1.165, 1.54) is 11.0 Å². The van der Waals surface area contributed by atoms with Gasteiger partial charge in [0.25, 0.3) is 0 Å². The van der Waals surface area contributed by atoms with Gasteiger partial charge >= 0.3 is 0 Å². The van der Waals surface area contributed by atoms with Gasteiger partial charge in [0.2, 0.25) is 5.78 Å². The molecule has 1 fully saturated rings. The summed E-state index contributed by atoms with van der Waals surface area (Å²) in [5, 5.41) is 13.5. The molecule has 0 amide bonds. The molecule has 6 heteroatoms. The van der Waals surface area contributed by atoms with Gasteiger partial charge in [-0.15, -0.1) is 0 Å². The van der Waals surface area contributed by atoms with Crippen LogP contribution < -0.4 is 14.7 Å². The third-order valence-electron chi connectivity index (χ3n) is 5.56. The van der Waals surface area contributed by atoms with Gasteiger partial charge in [0.15, 0.2) is 5.76 Å². The number of allylic oxidation sites excluding steroid dienone is 1. The fourth-order valence-corrected chi connectivity index (χ4v) is 4.28. The number of fused-ring (bicyclic) bond motifs is 1. The van der Waals surface area contributed by atoms with Gasteiger partial charge in [0.1, 0.15) is 12.3 Å². The molecule has 0 aliphatic carbocycles. The molecule has 4 rings (SSSR count). The molecule has 0 spiro atoms. The molecule has 0 radical (unpaired) electrons. The lowest BCUT2D eigenvalue weighted by Crippen LogP contribution is -3.11. The van der Waals surface area contributed by atoms with Crippen LogP contribution in [0, 0.1) is 5.92 Å². The Balaban J connectivity index is 1.64. The number of carbonyl (C=O) groups excluding carboxylic acids is 1. The number of ether oxygens (including phenoxy) is 1. The maximum atomic E-state index is 12.8. The second kappa shape index (κ2) is 7.78. The number of halogens is 2. The molecule has 4 nitrogen and oxygen atoms in total. The lowest BCUT2D eigenvalue weighted by molar-refractivity contribution is -0.919. The number of likely N-dealkylation sites (tertiary alicyclic amines) is 1. The van der Waals surface area contributed by atoms with Crippen LogP contribution in [0.3, 0.4) is 0 Å². The molecule has 28 heavy (non-hydrogen) atoms. The highest BCUT2D eigenvalue weighted by Crippen LogP contribution is 2.38. The normalized spacial score (nSPS) is 23.0. The minimum Gasteiger partial charge on any atom is -0.872 e. The molecule has 0 bridgehead atoms. The zero-order valence-electron chi connectivity index (χ0n) is 15.6. The summed E-state index contributed by atoms with van der Waals surface area (Å²) in [6, 6.07) is 8.08. The van der Waals surface area contributed by atoms with Gasteiger partial charge in [-0.05, 0) is 48.6 Å². The number of hydrogen-bond acceptors (Lipinski definition) is 3. The van der Waals surface area contributed by atoms with Crippen LogP contribution in [0.1, 0.15) is 41.3 Å². The van der Waals surface area contributed by atoms with Crippen molar-refractivity contribution in [3.05, 3.63) is 62.8 Å². The highest BCUT2D eigenvalue weighted by Gasteiger charge is 2.31. The van der Waals surface area contributed by atoms with Crippen molar-refractivity contribution in [3.63, 3.8) is 0 Å². The fourth-order valence-electron chi connectivity index (χ4n) is 3.81. The minimum atomic E-state index is -0.232. The van der Waals surface area contributed by atoms with E-state index >= 15 is 0 Å². The second-order valence-electron chi connectivity index (χ2n) is 7.63. The van der Waals surface area contributed by atoms with E-state index in [0.717, 1.165) is 31.8 Å². The quantitative estimate of drug-likeness (QED) is 0.777. The third-order valence-corrected chi connectivity index (χ3v) is 6.12. The Kier molecular flexibility index (Phi) is 5.37. The van der Waals surface area contributed by atoms with Crippen molar-refractivity contribution in [1.29, 1.82) is 0 Å². The average molecular weight is 418 g/mol. The first-order valence-corrected chi connectivity index (χ1v) is 10.2. The largest absolute Gasteiger partial charge is 0.872 e. The van der Waals surface area contributed by atoms with Crippen molar-refractivity contribution >= 4 is 35.1 Å². The van der Waals surface area contributed by atoms with Crippen LogP contribution in [0.25, 0.3) is 6.08 Å². The molecule has 0 unspecified atom stereocenters. The Morgan fingerprint density at radius 2 is 1.96 bits per heavy atom. The van der Waals surface area contributed by atoms with Crippen LogP contribution in [0.4, 0.5) is 0 Å². The Labute approximate surface area is 174 Å². The Bertz CT molecular complexity index is 962. The molecule has 2 aromatic rings. The van der Waals surface area contributed by atoms with Crippen molar-refractivity contribution in [2.24, 2.45) is 5.92 Å². The predicted molar refractivity (Wildman–Crippen MR) is 108 cm³/mol. The number of hydrogen-bond donors (Lipinski definition) is 1. The topological polar surface area (TPSA) is 53.8 Å².